The van der Waals surface area contributed by atoms with Crippen LogP contribution in [0, 0.1) is 6.92 Å². The molecule has 7 nitrogen and oxygen atoms in total. The van der Waals surface area contributed by atoms with Gasteiger partial charge in [-0.1, -0.05) is 30.3 Å². The highest BCUT2D eigenvalue weighted by atomic mass is 16.2. The Balaban J connectivity index is 1.10. The van der Waals surface area contributed by atoms with Gasteiger partial charge in [0.05, 0.1) is 6.20 Å². The quantitative estimate of drug-likeness (QED) is 0.293. The van der Waals surface area contributed by atoms with Crippen LogP contribution in [-0.2, 0) is 7.05 Å². The Morgan fingerprint density at radius 2 is 1.69 bits per heavy atom. The van der Waals surface area contributed by atoms with E-state index in [1.54, 1.807) is 12.1 Å². The standard InChI is InChI=1S/C32H31N5O2/c1-21-3-4-27(18-30(21)35-31(38)26-9-10-29-25(17-26)11-14-33-29)32(39)37-15-12-24(13-16-37)22-5-7-23(8-6-22)28-19-34-36(2)20-28/h3-11,14,17-20,24,33H,12-13,15-16H2,1-2H3,(H,35,38). The Bertz CT molecular complexity index is 1660. The number of fused-ring (bicyclic) bond motifs is 1. The van der Waals surface area contributed by atoms with Crippen LogP contribution in [0.3, 0.4) is 0 Å². The summed E-state index contributed by atoms with van der Waals surface area (Å²) in [6, 6.07) is 21.8. The number of aryl methyl sites for hydroxylation is 2. The first-order chi connectivity index (χ1) is 18.9. The van der Waals surface area contributed by atoms with Crippen molar-refractivity contribution in [2.45, 2.75) is 25.7 Å². The highest BCUT2D eigenvalue weighted by Crippen LogP contribution is 2.31. The molecule has 1 aliphatic heterocycles. The van der Waals surface area contributed by atoms with Crippen LogP contribution in [0.15, 0.2) is 85.3 Å². The molecular weight excluding hydrogens is 486 g/mol. The lowest BCUT2D eigenvalue weighted by Gasteiger charge is -2.32. The average Bonchev–Trinajstić information content (AvgIpc) is 3.62. The number of hydrogen-bond acceptors (Lipinski definition) is 3. The van der Waals surface area contributed by atoms with Gasteiger partial charge in [0, 0.05) is 65.8 Å². The topological polar surface area (TPSA) is 83.0 Å². The molecule has 3 aromatic carbocycles. The molecule has 0 unspecified atom stereocenters. The van der Waals surface area contributed by atoms with Crippen molar-refractivity contribution in [2.75, 3.05) is 18.4 Å². The molecule has 0 radical (unpaired) electrons. The second-order valence-corrected chi connectivity index (χ2v) is 10.4. The Morgan fingerprint density at radius 3 is 2.44 bits per heavy atom. The summed E-state index contributed by atoms with van der Waals surface area (Å²) >= 11 is 0. The second-order valence-electron chi connectivity index (χ2n) is 10.4. The van der Waals surface area contributed by atoms with Gasteiger partial charge in [0.1, 0.15) is 0 Å². The minimum Gasteiger partial charge on any atom is -0.361 e. The van der Waals surface area contributed by atoms with E-state index in [-0.39, 0.29) is 11.8 Å². The van der Waals surface area contributed by atoms with E-state index in [1.165, 1.54) is 5.56 Å². The second kappa shape index (κ2) is 10.3. The minimum atomic E-state index is -0.193. The minimum absolute atomic E-state index is 0.00427. The van der Waals surface area contributed by atoms with Crippen LogP contribution in [0.4, 0.5) is 5.69 Å². The van der Waals surface area contributed by atoms with E-state index in [2.05, 4.69) is 39.7 Å². The highest BCUT2D eigenvalue weighted by Gasteiger charge is 2.25. The summed E-state index contributed by atoms with van der Waals surface area (Å²) in [6.07, 6.45) is 7.60. The van der Waals surface area contributed by atoms with E-state index in [1.807, 2.05) is 72.5 Å². The Labute approximate surface area is 227 Å². The summed E-state index contributed by atoms with van der Waals surface area (Å²) in [5.74, 6) is 0.244. The first-order valence-electron chi connectivity index (χ1n) is 13.3. The number of benzene rings is 3. The molecule has 0 bridgehead atoms. The maximum Gasteiger partial charge on any atom is 0.255 e. The summed E-state index contributed by atoms with van der Waals surface area (Å²) in [7, 11) is 1.92. The zero-order valence-corrected chi connectivity index (χ0v) is 22.1. The third-order valence-electron chi connectivity index (χ3n) is 7.75. The molecule has 0 aliphatic carbocycles. The van der Waals surface area contributed by atoms with Crippen LogP contribution in [-0.4, -0.2) is 44.6 Å². The zero-order valence-electron chi connectivity index (χ0n) is 22.1. The zero-order chi connectivity index (χ0) is 26.9. The van der Waals surface area contributed by atoms with Crippen molar-refractivity contribution < 1.29 is 9.59 Å². The van der Waals surface area contributed by atoms with Gasteiger partial charge in [-0.05, 0) is 78.8 Å². The van der Waals surface area contributed by atoms with Gasteiger partial charge in [0.15, 0.2) is 0 Å². The molecule has 0 spiro atoms. The number of piperidine rings is 1. The van der Waals surface area contributed by atoms with Crippen molar-refractivity contribution >= 4 is 28.4 Å². The van der Waals surface area contributed by atoms with Gasteiger partial charge >= 0.3 is 0 Å². The predicted octanol–water partition coefficient (Wildman–Crippen LogP) is 6.15. The molecule has 1 fully saturated rings. The van der Waals surface area contributed by atoms with E-state index in [9.17, 15) is 9.59 Å². The molecule has 7 heteroatoms. The third-order valence-corrected chi connectivity index (χ3v) is 7.75. The summed E-state index contributed by atoms with van der Waals surface area (Å²) in [5, 5.41) is 8.24. The summed E-state index contributed by atoms with van der Waals surface area (Å²) < 4.78 is 1.81. The summed E-state index contributed by atoms with van der Waals surface area (Å²) in [5.41, 5.74) is 7.31. The fourth-order valence-corrected chi connectivity index (χ4v) is 5.40. The lowest BCUT2D eigenvalue weighted by atomic mass is 9.88. The third kappa shape index (κ3) is 5.08. The normalized spacial score (nSPS) is 14.1. The number of anilines is 1. The first-order valence-corrected chi connectivity index (χ1v) is 13.3. The number of nitrogens with zero attached hydrogens (tertiary/aromatic N) is 3. The molecule has 1 aliphatic rings. The van der Waals surface area contributed by atoms with Crippen molar-refractivity contribution in [1.29, 1.82) is 0 Å². The van der Waals surface area contributed by atoms with Crippen LogP contribution in [0.25, 0.3) is 22.0 Å². The molecule has 6 rings (SSSR count). The van der Waals surface area contributed by atoms with Crippen LogP contribution >= 0.6 is 0 Å². The van der Waals surface area contributed by atoms with Crippen LogP contribution in [0.2, 0.25) is 0 Å². The lowest BCUT2D eigenvalue weighted by Crippen LogP contribution is -2.38. The number of carbonyl (C=O) groups excluding carboxylic acids is 2. The van der Waals surface area contributed by atoms with E-state index < -0.39 is 0 Å². The van der Waals surface area contributed by atoms with Crippen molar-refractivity contribution in [3.63, 3.8) is 0 Å². The van der Waals surface area contributed by atoms with Crippen molar-refractivity contribution in [3.8, 4) is 11.1 Å². The van der Waals surface area contributed by atoms with Gasteiger partial charge in [-0.2, -0.15) is 5.10 Å². The molecule has 196 valence electrons. The fraction of sp³-hybridized carbons (Fsp3) is 0.219. The molecule has 39 heavy (non-hydrogen) atoms. The van der Waals surface area contributed by atoms with Crippen molar-refractivity contribution in [2.24, 2.45) is 7.05 Å². The lowest BCUT2D eigenvalue weighted by molar-refractivity contribution is 0.0712. The van der Waals surface area contributed by atoms with E-state index >= 15 is 0 Å². The number of amides is 2. The van der Waals surface area contributed by atoms with E-state index in [0.29, 0.717) is 35.8 Å². The maximum absolute atomic E-state index is 13.4. The van der Waals surface area contributed by atoms with Crippen molar-refractivity contribution in [1.82, 2.24) is 19.7 Å². The van der Waals surface area contributed by atoms with Gasteiger partial charge in [0.2, 0.25) is 0 Å². The Hall–Kier alpha value is -4.65. The average molecular weight is 518 g/mol. The molecular formula is C32H31N5O2. The number of aromatic nitrogens is 3. The van der Waals surface area contributed by atoms with Crippen LogP contribution in [0.1, 0.15) is 50.6 Å². The van der Waals surface area contributed by atoms with E-state index in [0.717, 1.165) is 40.4 Å². The predicted molar refractivity (Wildman–Crippen MR) is 154 cm³/mol. The number of hydrogen-bond donors (Lipinski definition) is 2. The van der Waals surface area contributed by atoms with Gasteiger partial charge in [-0.3, -0.25) is 14.3 Å². The molecule has 2 N–H and O–H groups in total. The molecule has 5 aromatic rings. The molecule has 0 saturated carbocycles. The summed E-state index contributed by atoms with van der Waals surface area (Å²) in [4.78, 5) is 31.4. The van der Waals surface area contributed by atoms with Gasteiger partial charge < -0.3 is 15.2 Å². The first kappa shape index (κ1) is 24.7. The maximum atomic E-state index is 13.4. The molecule has 3 heterocycles. The van der Waals surface area contributed by atoms with Gasteiger partial charge in [-0.25, -0.2) is 0 Å². The number of carbonyl (C=O) groups is 2. The Kier molecular flexibility index (Phi) is 6.49. The largest absolute Gasteiger partial charge is 0.361 e. The van der Waals surface area contributed by atoms with E-state index in [4.69, 9.17) is 0 Å². The van der Waals surface area contributed by atoms with Crippen LogP contribution < -0.4 is 5.32 Å². The SMILES string of the molecule is Cc1ccc(C(=O)N2CCC(c3ccc(-c4cnn(C)c4)cc3)CC2)cc1NC(=O)c1ccc2[nH]ccc2c1. The smallest absolute Gasteiger partial charge is 0.255 e. The number of likely N-dealkylation sites (tertiary alicyclic amines) is 1. The van der Waals surface area contributed by atoms with Crippen molar-refractivity contribution in [3.05, 3.63) is 108 Å². The van der Waals surface area contributed by atoms with Gasteiger partial charge in [0.25, 0.3) is 11.8 Å². The number of H-pyrrole nitrogens is 1. The molecule has 0 atom stereocenters. The monoisotopic (exact) mass is 517 g/mol. The summed E-state index contributed by atoms with van der Waals surface area (Å²) in [6.45, 7) is 3.35. The molecule has 2 amide bonds. The number of nitrogens with one attached hydrogen (secondary N) is 2. The van der Waals surface area contributed by atoms with Gasteiger partial charge in [-0.15, -0.1) is 0 Å². The fourth-order valence-electron chi connectivity index (χ4n) is 5.40. The van der Waals surface area contributed by atoms with Crippen LogP contribution in [0.5, 0.6) is 0 Å². The number of aromatic amines is 1. The Morgan fingerprint density at radius 1 is 0.923 bits per heavy atom. The molecule has 1 saturated heterocycles. The number of rotatable bonds is 5. The highest BCUT2D eigenvalue weighted by molar-refractivity contribution is 6.07. The molecule has 2 aromatic heterocycles.